The number of carbonyl (C=O) groups excluding carboxylic acids is 2. The number of carbonyl (C=O) groups is 2. The van der Waals surface area contributed by atoms with Crippen molar-refractivity contribution in [1.29, 1.82) is 0 Å². The fourth-order valence-corrected chi connectivity index (χ4v) is 2.55. The number of ketones is 1. The van der Waals surface area contributed by atoms with E-state index < -0.39 is 0 Å². The molecule has 0 atom stereocenters. The average molecular weight is 331 g/mol. The van der Waals surface area contributed by atoms with Crippen molar-refractivity contribution >= 4 is 29.1 Å². The lowest BCUT2D eigenvalue weighted by atomic mass is 10.1. The minimum absolute atomic E-state index is 0.0238. The topological polar surface area (TPSA) is 91.9 Å². The summed E-state index contributed by atoms with van der Waals surface area (Å²) >= 11 is 1.17. The van der Waals surface area contributed by atoms with Crippen molar-refractivity contribution < 1.29 is 9.59 Å². The van der Waals surface area contributed by atoms with Gasteiger partial charge in [-0.05, 0) is 37.6 Å². The highest BCUT2D eigenvalue weighted by molar-refractivity contribution is 7.99. The van der Waals surface area contributed by atoms with Crippen LogP contribution in [-0.2, 0) is 11.2 Å². The number of nitrogens with one attached hydrogen (secondary N) is 2. The fourth-order valence-electron chi connectivity index (χ4n) is 1.85. The number of aryl methyl sites for hydroxylation is 1. The van der Waals surface area contributed by atoms with Crippen LogP contribution >= 0.6 is 11.8 Å². The molecule has 7 heteroatoms. The van der Waals surface area contributed by atoms with Gasteiger partial charge in [-0.1, -0.05) is 18.7 Å². The molecule has 0 saturated carbocycles. The van der Waals surface area contributed by atoms with Gasteiger partial charge in [-0.3, -0.25) is 14.4 Å². The maximum absolute atomic E-state index is 11.9. The first-order valence-corrected chi connectivity index (χ1v) is 8.10. The van der Waals surface area contributed by atoms with Gasteiger partial charge in [0.25, 0.3) is 5.56 Å². The highest BCUT2D eigenvalue weighted by Gasteiger charge is 2.07. The van der Waals surface area contributed by atoms with Crippen LogP contribution in [0.5, 0.6) is 0 Å². The molecule has 2 N–H and O–H groups in total. The quantitative estimate of drug-likeness (QED) is 0.481. The minimum Gasteiger partial charge on any atom is -0.325 e. The lowest BCUT2D eigenvalue weighted by Crippen LogP contribution is -2.15. The predicted octanol–water partition coefficient (Wildman–Crippen LogP) is 2.27. The molecule has 0 aliphatic rings. The van der Waals surface area contributed by atoms with Gasteiger partial charge in [-0.2, -0.15) is 0 Å². The maximum Gasteiger partial charge on any atom is 0.251 e. The molecule has 0 aliphatic heterocycles. The number of hydrogen-bond donors (Lipinski definition) is 2. The van der Waals surface area contributed by atoms with E-state index in [9.17, 15) is 14.4 Å². The van der Waals surface area contributed by atoms with Gasteiger partial charge in [0.15, 0.2) is 10.9 Å². The minimum atomic E-state index is -0.223. The molecule has 1 heterocycles. The zero-order valence-electron chi connectivity index (χ0n) is 12.9. The van der Waals surface area contributed by atoms with Gasteiger partial charge in [0.2, 0.25) is 5.91 Å². The van der Waals surface area contributed by atoms with Gasteiger partial charge in [-0.15, -0.1) is 0 Å². The molecule has 0 bridgehead atoms. The van der Waals surface area contributed by atoms with Gasteiger partial charge in [0, 0.05) is 23.0 Å². The Morgan fingerprint density at radius 1 is 1.26 bits per heavy atom. The number of aromatic amines is 1. The van der Waals surface area contributed by atoms with Crippen molar-refractivity contribution in [3.63, 3.8) is 0 Å². The molecular weight excluding hydrogens is 314 g/mol. The summed E-state index contributed by atoms with van der Waals surface area (Å²) in [6.07, 6.45) is 0.659. The number of nitrogens with zero attached hydrogens (tertiary/aromatic N) is 1. The summed E-state index contributed by atoms with van der Waals surface area (Å²) in [7, 11) is 0. The van der Waals surface area contributed by atoms with E-state index in [4.69, 9.17) is 0 Å². The third kappa shape index (κ3) is 5.07. The van der Waals surface area contributed by atoms with Crippen molar-refractivity contribution in [2.24, 2.45) is 0 Å². The largest absolute Gasteiger partial charge is 0.325 e. The third-order valence-electron chi connectivity index (χ3n) is 3.05. The fraction of sp³-hybridized carbons (Fsp3) is 0.250. The monoisotopic (exact) mass is 331 g/mol. The molecule has 23 heavy (non-hydrogen) atoms. The number of amides is 1. The summed E-state index contributed by atoms with van der Waals surface area (Å²) < 4.78 is 0. The molecule has 1 aromatic carbocycles. The number of rotatable bonds is 6. The molecule has 2 rings (SSSR count). The van der Waals surface area contributed by atoms with Gasteiger partial charge >= 0.3 is 0 Å². The molecule has 0 aliphatic carbocycles. The van der Waals surface area contributed by atoms with E-state index in [1.807, 2.05) is 6.92 Å². The smallest absolute Gasteiger partial charge is 0.251 e. The first-order valence-electron chi connectivity index (χ1n) is 7.12. The second kappa shape index (κ2) is 7.73. The van der Waals surface area contributed by atoms with Crippen LogP contribution in [0.3, 0.4) is 0 Å². The van der Waals surface area contributed by atoms with Crippen molar-refractivity contribution in [3.8, 4) is 0 Å². The van der Waals surface area contributed by atoms with Crippen LogP contribution in [0.25, 0.3) is 0 Å². The molecule has 0 saturated heterocycles. The van der Waals surface area contributed by atoms with E-state index in [1.165, 1.54) is 24.8 Å². The second-order valence-corrected chi connectivity index (χ2v) is 5.83. The Bertz CT molecular complexity index is 769. The highest BCUT2D eigenvalue weighted by atomic mass is 32.2. The molecule has 0 fully saturated rings. The summed E-state index contributed by atoms with van der Waals surface area (Å²) in [5.41, 5.74) is 1.68. The van der Waals surface area contributed by atoms with E-state index in [0.717, 1.165) is 0 Å². The Kier molecular flexibility index (Phi) is 5.70. The molecule has 0 spiro atoms. The molecular formula is C16H17N3O3S. The zero-order chi connectivity index (χ0) is 16.8. The van der Waals surface area contributed by atoms with Crippen LogP contribution in [0.4, 0.5) is 5.69 Å². The lowest BCUT2D eigenvalue weighted by Gasteiger charge is -2.06. The van der Waals surface area contributed by atoms with Crippen LogP contribution < -0.4 is 10.9 Å². The van der Waals surface area contributed by atoms with Gasteiger partial charge < -0.3 is 10.3 Å². The highest BCUT2D eigenvalue weighted by Crippen LogP contribution is 2.14. The van der Waals surface area contributed by atoms with Crippen molar-refractivity contribution in [1.82, 2.24) is 9.97 Å². The first kappa shape index (κ1) is 17.0. The van der Waals surface area contributed by atoms with E-state index >= 15 is 0 Å². The number of thioether (sulfide) groups is 1. The number of benzene rings is 1. The van der Waals surface area contributed by atoms with E-state index in [1.54, 1.807) is 24.3 Å². The normalized spacial score (nSPS) is 10.3. The second-order valence-electron chi connectivity index (χ2n) is 4.87. The van der Waals surface area contributed by atoms with Crippen molar-refractivity contribution in [2.45, 2.75) is 25.4 Å². The number of Topliss-reactive ketones (excluding diaryl/α,β-unsaturated/α-hetero) is 1. The van der Waals surface area contributed by atoms with Crippen LogP contribution in [0, 0.1) is 0 Å². The summed E-state index contributed by atoms with van der Waals surface area (Å²) in [5.74, 6) is -0.107. The zero-order valence-corrected chi connectivity index (χ0v) is 13.7. The first-order chi connectivity index (χ1) is 11.0. The van der Waals surface area contributed by atoms with Crippen LogP contribution in [0.2, 0.25) is 0 Å². The molecule has 120 valence electrons. The average Bonchev–Trinajstić information content (AvgIpc) is 2.53. The Morgan fingerprint density at radius 2 is 1.96 bits per heavy atom. The SMILES string of the molecule is CCc1cc(=O)[nH]c(SCC(=O)Nc2ccc(C(C)=O)cc2)n1. The lowest BCUT2D eigenvalue weighted by molar-refractivity contribution is -0.113. The van der Waals surface area contributed by atoms with E-state index in [0.29, 0.717) is 28.5 Å². The summed E-state index contributed by atoms with van der Waals surface area (Å²) in [6, 6.07) is 8.12. The molecule has 0 radical (unpaired) electrons. The summed E-state index contributed by atoms with van der Waals surface area (Å²) in [6.45, 7) is 3.40. The Hall–Kier alpha value is -2.41. The van der Waals surface area contributed by atoms with E-state index in [-0.39, 0.29) is 23.0 Å². The van der Waals surface area contributed by atoms with Crippen LogP contribution in [0.1, 0.15) is 29.9 Å². The predicted molar refractivity (Wildman–Crippen MR) is 90.0 cm³/mol. The molecule has 1 amide bonds. The number of hydrogen-bond acceptors (Lipinski definition) is 5. The Morgan fingerprint density at radius 3 is 2.57 bits per heavy atom. The number of aromatic nitrogens is 2. The van der Waals surface area contributed by atoms with Gasteiger partial charge in [0.05, 0.1) is 5.75 Å². The van der Waals surface area contributed by atoms with Gasteiger partial charge in [-0.25, -0.2) is 4.98 Å². The van der Waals surface area contributed by atoms with Crippen LogP contribution in [0.15, 0.2) is 40.3 Å². The third-order valence-corrected chi connectivity index (χ3v) is 3.92. The number of H-pyrrole nitrogens is 1. The van der Waals surface area contributed by atoms with Crippen molar-refractivity contribution in [3.05, 3.63) is 51.9 Å². The molecule has 2 aromatic rings. The summed E-state index contributed by atoms with van der Waals surface area (Å²) in [4.78, 5) is 41.4. The molecule has 1 aromatic heterocycles. The van der Waals surface area contributed by atoms with Gasteiger partial charge in [0.1, 0.15) is 0 Å². The van der Waals surface area contributed by atoms with Crippen molar-refractivity contribution in [2.75, 3.05) is 11.1 Å². The number of anilines is 1. The molecule has 6 nitrogen and oxygen atoms in total. The van der Waals surface area contributed by atoms with Crippen LogP contribution in [-0.4, -0.2) is 27.4 Å². The molecule has 0 unspecified atom stereocenters. The Balaban J connectivity index is 1.93. The summed E-state index contributed by atoms with van der Waals surface area (Å²) in [5, 5.41) is 3.16. The van der Waals surface area contributed by atoms with E-state index in [2.05, 4.69) is 15.3 Å². The standard InChI is InChI=1S/C16H17N3O3S/c1-3-12-8-14(21)19-16(18-12)23-9-15(22)17-13-6-4-11(5-7-13)10(2)20/h4-8H,3,9H2,1-2H3,(H,17,22)(H,18,19,21). The Labute approximate surface area is 137 Å². The maximum atomic E-state index is 11.9.